The summed E-state index contributed by atoms with van der Waals surface area (Å²) in [5.74, 6) is 0.767. The molecule has 33 heavy (non-hydrogen) atoms. The summed E-state index contributed by atoms with van der Waals surface area (Å²) in [4.78, 5) is 26.8. The van der Waals surface area contributed by atoms with Crippen LogP contribution in [0.1, 0.15) is 22.6 Å². The molecule has 0 N–H and O–H groups in total. The summed E-state index contributed by atoms with van der Waals surface area (Å²) < 4.78 is 11.6. The Bertz CT molecular complexity index is 1080. The van der Waals surface area contributed by atoms with E-state index in [1.807, 2.05) is 59.8 Å². The predicted octanol–water partition coefficient (Wildman–Crippen LogP) is 2.88. The summed E-state index contributed by atoms with van der Waals surface area (Å²) in [7, 11) is 1.65. The molecular formula is C26H28N4O3. The average Bonchev–Trinajstić information content (AvgIpc) is 3.22. The second kappa shape index (κ2) is 9.29. The lowest BCUT2D eigenvalue weighted by molar-refractivity contribution is -0.173. The Kier molecular flexibility index (Phi) is 6.07. The van der Waals surface area contributed by atoms with Crippen molar-refractivity contribution >= 4 is 5.91 Å². The van der Waals surface area contributed by atoms with Gasteiger partial charge >= 0.3 is 0 Å². The van der Waals surface area contributed by atoms with E-state index in [4.69, 9.17) is 9.47 Å². The number of pyridine rings is 2. The third kappa shape index (κ3) is 4.34. The van der Waals surface area contributed by atoms with Crippen molar-refractivity contribution < 1.29 is 14.3 Å². The molecular weight excluding hydrogens is 416 g/mol. The van der Waals surface area contributed by atoms with Crippen LogP contribution in [0.4, 0.5) is 0 Å². The molecule has 4 heterocycles. The lowest BCUT2D eigenvalue weighted by Crippen LogP contribution is -2.59. The molecule has 0 saturated carbocycles. The number of carbonyl (C=O) groups is 1. The molecule has 7 heteroatoms. The van der Waals surface area contributed by atoms with E-state index in [-0.39, 0.29) is 11.8 Å². The number of methoxy groups -OCH3 is 1. The average molecular weight is 445 g/mol. The summed E-state index contributed by atoms with van der Waals surface area (Å²) in [6, 6.07) is 15.9. The topological polar surface area (TPSA) is 67.8 Å². The smallest absolute Gasteiger partial charge is 0.257 e. The van der Waals surface area contributed by atoms with E-state index in [1.165, 1.54) is 0 Å². The number of hydrogen-bond acceptors (Lipinski definition) is 6. The SMILES string of the molecule is COc1ccc(CN2CCO[C@]3(CN(Cc4cccnc4)C[C@@H]3c3cccnc3)C2=O)cc1. The van der Waals surface area contributed by atoms with Gasteiger partial charge in [-0.15, -0.1) is 0 Å². The molecule has 2 aliphatic heterocycles. The highest BCUT2D eigenvalue weighted by atomic mass is 16.5. The fourth-order valence-corrected chi connectivity index (χ4v) is 4.97. The molecule has 5 rings (SSSR count). The normalized spacial score (nSPS) is 23.2. The zero-order valence-electron chi connectivity index (χ0n) is 18.8. The molecule has 2 aromatic heterocycles. The fourth-order valence-electron chi connectivity index (χ4n) is 4.97. The maximum absolute atomic E-state index is 14.0. The predicted molar refractivity (Wildman–Crippen MR) is 124 cm³/mol. The van der Waals surface area contributed by atoms with E-state index in [1.54, 1.807) is 19.5 Å². The fraction of sp³-hybridized carbons (Fsp3) is 0.346. The zero-order chi connectivity index (χ0) is 22.7. The molecule has 3 aromatic rings. The number of ether oxygens (including phenoxy) is 2. The molecule has 0 aliphatic carbocycles. The first-order valence-electron chi connectivity index (χ1n) is 11.3. The molecule has 1 aromatic carbocycles. The van der Waals surface area contributed by atoms with Crippen LogP contribution in [0.15, 0.2) is 73.3 Å². The van der Waals surface area contributed by atoms with Crippen LogP contribution in [0.3, 0.4) is 0 Å². The molecule has 170 valence electrons. The minimum absolute atomic E-state index is 0.0482. The van der Waals surface area contributed by atoms with Gasteiger partial charge in [-0.3, -0.25) is 19.7 Å². The highest BCUT2D eigenvalue weighted by molar-refractivity contribution is 5.88. The minimum Gasteiger partial charge on any atom is -0.497 e. The Morgan fingerprint density at radius 2 is 1.82 bits per heavy atom. The van der Waals surface area contributed by atoms with E-state index in [9.17, 15) is 4.79 Å². The highest BCUT2D eigenvalue weighted by Crippen LogP contribution is 2.42. The van der Waals surface area contributed by atoms with Gasteiger partial charge in [-0.2, -0.15) is 0 Å². The number of aromatic nitrogens is 2. The molecule has 2 fully saturated rings. The summed E-state index contributed by atoms with van der Waals surface area (Å²) in [5, 5.41) is 0. The molecule has 0 radical (unpaired) electrons. The second-order valence-corrected chi connectivity index (χ2v) is 8.68. The van der Waals surface area contributed by atoms with Gasteiger partial charge in [-0.05, 0) is 41.0 Å². The van der Waals surface area contributed by atoms with Crippen LogP contribution in [0.25, 0.3) is 0 Å². The van der Waals surface area contributed by atoms with Gasteiger partial charge in [0.2, 0.25) is 0 Å². The summed E-state index contributed by atoms with van der Waals surface area (Å²) in [5.41, 5.74) is 2.31. The third-order valence-corrected chi connectivity index (χ3v) is 6.58. The minimum atomic E-state index is -0.921. The van der Waals surface area contributed by atoms with Crippen LogP contribution >= 0.6 is 0 Å². The number of hydrogen-bond donors (Lipinski definition) is 0. The summed E-state index contributed by atoms with van der Waals surface area (Å²) in [6.45, 7) is 3.63. The first-order chi connectivity index (χ1) is 16.2. The summed E-state index contributed by atoms with van der Waals surface area (Å²) >= 11 is 0. The maximum atomic E-state index is 14.0. The van der Waals surface area contributed by atoms with Crippen LogP contribution in [-0.4, -0.2) is 64.6 Å². The van der Waals surface area contributed by atoms with Gasteiger partial charge in [0.05, 0.1) is 13.7 Å². The number of likely N-dealkylation sites (tertiary alicyclic amines) is 1. The quantitative estimate of drug-likeness (QED) is 0.583. The van der Waals surface area contributed by atoms with E-state index < -0.39 is 5.60 Å². The Morgan fingerprint density at radius 1 is 1.03 bits per heavy atom. The largest absolute Gasteiger partial charge is 0.497 e. The lowest BCUT2D eigenvalue weighted by Gasteiger charge is -2.42. The van der Waals surface area contributed by atoms with Crippen molar-refractivity contribution in [2.45, 2.75) is 24.6 Å². The zero-order valence-corrected chi connectivity index (χ0v) is 18.8. The molecule has 2 aliphatic rings. The number of carbonyl (C=O) groups excluding carboxylic acids is 1. The van der Waals surface area contributed by atoms with Gasteiger partial charge in [0, 0.05) is 63.4 Å². The van der Waals surface area contributed by atoms with E-state index in [0.717, 1.165) is 35.5 Å². The first kappa shape index (κ1) is 21.6. The van der Waals surface area contributed by atoms with Gasteiger partial charge in [-0.1, -0.05) is 24.3 Å². The molecule has 1 spiro atoms. The monoisotopic (exact) mass is 444 g/mol. The first-order valence-corrected chi connectivity index (χ1v) is 11.3. The van der Waals surface area contributed by atoms with Crippen LogP contribution in [0, 0.1) is 0 Å². The number of nitrogens with zero attached hydrogens (tertiary/aromatic N) is 4. The van der Waals surface area contributed by atoms with Gasteiger partial charge in [0.15, 0.2) is 5.60 Å². The Hall–Kier alpha value is -3.29. The van der Waals surface area contributed by atoms with Crippen LogP contribution < -0.4 is 4.74 Å². The van der Waals surface area contributed by atoms with Gasteiger partial charge in [0.1, 0.15) is 5.75 Å². The number of rotatable bonds is 6. The molecule has 2 saturated heterocycles. The van der Waals surface area contributed by atoms with Crippen molar-refractivity contribution in [2.75, 3.05) is 33.4 Å². The maximum Gasteiger partial charge on any atom is 0.257 e. The van der Waals surface area contributed by atoms with Crippen LogP contribution in [0.5, 0.6) is 5.75 Å². The molecule has 1 amide bonds. The molecule has 0 unspecified atom stereocenters. The van der Waals surface area contributed by atoms with E-state index in [2.05, 4.69) is 20.9 Å². The molecule has 0 bridgehead atoms. The lowest BCUT2D eigenvalue weighted by atomic mass is 9.83. The van der Waals surface area contributed by atoms with Gasteiger partial charge in [-0.25, -0.2) is 0 Å². The van der Waals surface area contributed by atoms with Gasteiger partial charge in [0.25, 0.3) is 5.91 Å². The van der Waals surface area contributed by atoms with Crippen molar-refractivity contribution in [2.24, 2.45) is 0 Å². The van der Waals surface area contributed by atoms with Crippen molar-refractivity contribution in [1.82, 2.24) is 19.8 Å². The van der Waals surface area contributed by atoms with Crippen molar-refractivity contribution in [3.63, 3.8) is 0 Å². The van der Waals surface area contributed by atoms with E-state index >= 15 is 0 Å². The molecule has 7 nitrogen and oxygen atoms in total. The molecule has 2 atom stereocenters. The Labute approximate surface area is 194 Å². The second-order valence-electron chi connectivity index (χ2n) is 8.68. The van der Waals surface area contributed by atoms with Crippen LogP contribution in [-0.2, 0) is 22.6 Å². The van der Waals surface area contributed by atoms with Gasteiger partial charge < -0.3 is 14.4 Å². The Balaban J connectivity index is 1.42. The Morgan fingerprint density at radius 3 is 2.52 bits per heavy atom. The van der Waals surface area contributed by atoms with Crippen molar-refractivity contribution in [1.29, 1.82) is 0 Å². The van der Waals surface area contributed by atoms with E-state index in [0.29, 0.717) is 26.2 Å². The van der Waals surface area contributed by atoms with Crippen LogP contribution in [0.2, 0.25) is 0 Å². The number of benzene rings is 1. The standard InChI is InChI=1S/C26H28N4O3/c1-32-23-8-6-20(7-9-23)17-30-12-13-33-26(25(30)31)19-29(16-21-4-2-10-27-14-21)18-24(26)22-5-3-11-28-15-22/h2-11,14-15,24H,12-13,16-19H2,1H3/t24-,26+/m1/s1. The third-order valence-electron chi connectivity index (χ3n) is 6.58. The van der Waals surface area contributed by atoms with Crippen molar-refractivity contribution in [3.8, 4) is 5.75 Å². The highest BCUT2D eigenvalue weighted by Gasteiger charge is 2.56. The number of amides is 1. The number of morpholine rings is 1. The van der Waals surface area contributed by atoms with Crippen molar-refractivity contribution in [3.05, 3.63) is 90.0 Å². The summed E-state index contributed by atoms with van der Waals surface area (Å²) in [6.07, 6.45) is 7.28.